The van der Waals surface area contributed by atoms with Gasteiger partial charge in [0.15, 0.2) is 5.65 Å². The third-order valence-electron chi connectivity index (χ3n) is 5.19. The average molecular weight is 374 g/mol. The monoisotopic (exact) mass is 373 g/mol. The van der Waals surface area contributed by atoms with Crippen LogP contribution in [0.2, 0.25) is 0 Å². The standard InChI is InChI=1S/C20H31N5O2/c1-3-5-16-14-25-18(21)7-6-17(19(25)22-16)20(26)23-15-8-11-24(12-9-15)10-4-13-27-2/h6-7,14-15H,3-5,8-13,21H2,1-2H3,(H,23,26). The van der Waals surface area contributed by atoms with Gasteiger partial charge in [-0.25, -0.2) is 4.98 Å². The highest BCUT2D eigenvalue weighted by molar-refractivity contribution is 6.00. The van der Waals surface area contributed by atoms with E-state index >= 15 is 0 Å². The number of nitrogens with one attached hydrogen (secondary N) is 1. The Hall–Kier alpha value is -2.12. The Morgan fingerprint density at radius 3 is 2.85 bits per heavy atom. The molecule has 1 amide bonds. The molecule has 0 aliphatic carbocycles. The van der Waals surface area contributed by atoms with Crippen LogP contribution >= 0.6 is 0 Å². The Balaban J connectivity index is 1.62. The number of rotatable bonds is 8. The number of hydrogen-bond donors (Lipinski definition) is 2. The first-order chi connectivity index (χ1) is 13.1. The van der Waals surface area contributed by atoms with Crippen molar-refractivity contribution in [1.29, 1.82) is 0 Å². The second kappa shape index (κ2) is 9.19. The molecule has 3 N–H and O–H groups in total. The van der Waals surface area contributed by atoms with E-state index in [2.05, 4.69) is 22.1 Å². The Morgan fingerprint density at radius 2 is 2.15 bits per heavy atom. The molecule has 2 aromatic heterocycles. The van der Waals surface area contributed by atoms with Crippen LogP contribution in [0.4, 0.5) is 5.82 Å². The van der Waals surface area contributed by atoms with Crippen LogP contribution in [0.15, 0.2) is 18.3 Å². The van der Waals surface area contributed by atoms with Crippen molar-refractivity contribution in [3.05, 3.63) is 29.6 Å². The van der Waals surface area contributed by atoms with Gasteiger partial charge in [0, 0.05) is 45.6 Å². The van der Waals surface area contributed by atoms with Crippen molar-refractivity contribution in [1.82, 2.24) is 19.6 Å². The number of nitrogens with zero attached hydrogens (tertiary/aromatic N) is 3. The van der Waals surface area contributed by atoms with Crippen molar-refractivity contribution in [2.24, 2.45) is 0 Å². The number of carbonyl (C=O) groups excluding carboxylic acids is 1. The molecule has 0 bridgehead atoms. The number of aromatic nitrogens is 2. The number of piperidine rings is 1. The molecule has 0 spiro atoms. The van der Waals surface area contributed by atoms with Crippen LogP contribution in [0, 0.1) is 0 Å². The van der Waals surface area contributed by atoms with Crippen LogP contribution in [-0.4, -0.2) is 59.6 Å². The Kier molecular flexibility index (Phi) is 6.68. The fourth-order valence-corrected chi connectivity index (χ4v) is 3.69. The van der Waals surface area contributed by atoms with Crippen molar-refractivity contribution in [2.75, 3.05) is 39.1 Å². The normalized spacial score (nSPS) is 16.1. The molecule has 0 atom stereocenters. The molecule has 0 radical (unpaired) electrons. The number of likely N-dealkylation sites (tertiary alicyclic amines) is 1. The van der Waals surface area contributed by atoms with Crippen molar-refractivity contribution in [2.45, 2.75) is 45.1 Å². The molecule has 0 unspecified atom stereocenters. The molecule has 3 rings (SSSR count). The summed E-state index contributed by atoms with van der Waals surface area (Å²) in [6, 6.07) is 3.76. The number of imidazole rings is 1. The molecule has 1 aliphatic heterocycles. The Labute approximate surface area is 160 Å². The van der Waals surface area contributed by atoms with E-state index < -0.39 is 0 Å². The van der Waals surface area contributed by atoms with Gasteiger partial charge in [0.1, 0.15) is 5.82 Å². The summed E-state index contributed by atoms with van der Waals surface area (Å²) in [6.45, 7) is 5.99. The summed E-state index contributed by atoms with van der Waals surface area (Å²) in [4.78, 5) is 19.9. The first-order valence-corrected chi connectivity index (χ1v) is 9.91. The highest BCUT2D eigenvalue weighted by atomic mass is 16.5. The molecule has 1 aliphatic rings. The van der Waals surface area contributed by atoms with Crippen molar-refractivity contribution >= 4 is 17.4 Å². The zero-order valence-corrected chi connectivity index (χ0v) is 16.4. The number of pyridine rings is 1. The van der Waals surface area contributed by atoms with E-state index in [1.807, 2.05) is 10.6 Å². The van der Waals surface area contributed by atoms with E-state index in [4.69, 9.17) is 10.5 Å². The van der Waals surface area contributed by atoms with Gasteiger partial charge in [-0.1, -0.05) is 13.3 Å². The van der Waals surface area contributed by atoms with Gasteiger partial charge in [-0.15, -0.1) is 0 Å². The van der Waals surface area contributed by atoms with Gasteiger partial charge in [-0.2, -0.15) is 0 Å². The topological polar surface area (TPSA) is 84.9 Å². The Morgan fingerprint density at radius 1 is 1.37 bits per heavy atom. The number of nitrogens with two attached hydrogens (primary N) is 1. The van der Waals surface area contributed by atoms with Crippen LogP contribution < -0.4 is 11.1 Å². The second-order valence-corrected chi connectivity index (χ2v) is 7.28. The van der Waals surface area contributed by atoms with Crippen LogP contribution in [-0.2, 0) is 11.2 Å². The lowest BCUT2D eigenvalue weighted by molar-refractivity contribution is 0.0908. The maximum Gasteiger partial charge on any atom is 0.255 e. The molecule has 0 saturated carbocycles. The lowest BCUT2D eigenvalue weighted by Gasteiger charge is -2.32. The summed E-state index contributed by atoms with van der Waals surface area (Å²) in [5.74, 6) is 0.534. The minimum absolute atomic E-state index is 0.0634. The number of carbonyl (C=O) groups is 1. The summed E-state index contributed by atoms with van der Waals surface area (Å²) in [6.07, 6.45) is 6.82. The first kappa shape index (κ1) is 19.6. The number of fused-ring (bicyclic) bond motifs is 1. The maximum atomic E-state index is 12.9. The van der Waals surface area contributed by atoms with Crippen LogP contribution in [0.5, 0.6) is 0 Å². The molecule has 27 heavy (non-hydrogen) atoms. The fraction of sp³-hybridized carbons (Fsp3) is 0.600. The number of methoxy groups -OCH3 is 1. The van der Waals surface area contributed by atoms with Gasteiger partial charge in [-0.3, -0.25) is 9.20 Å². The van der Waals surface area contributed by atoms with E-state index in [0.717, 1.165) is 64.0 Å². The zero-order chi connectivity index (χ0) is 19.2. The quantitative estimate of drug-likeness (QED) is 0.692. The van der Waals surface area contributed by atoms with Gasteiger partial charge in [-0.05, 0) is 37.8 Å². The molecular weight excluding hydrogens is 342 g/mol. The van der Waals surface area contributed by atoms with E-state index in [1.54, 1.807) is 19.2 Å². The van der Waals surface area contributed by atoms with Crippen LogP contribution in [0.25, 0.3) is 5.65 Å². The largest absolute Gasteiger partial charge is 0.385 e. The summed E-state index contributed by atoms with van der Waals surface area (Å²) in [7, 11) is 1.74. The molecule has 7 heteroatoms. The highest BCUT2D eigenvalue weighted by Gasteiger charge is 2.22. The number of hydrogen-bond acceptors (Lipinski definition) is 5. The minimum Gasteiger partial charge on any atom is -0.385 e. The predicted molar refractivity (Wildman–Crippen MR) is 107 cm³/mol. The lowest BCUT2D eigenvalue weighted by Crippen LogP contribution is -2.45. The minimum atomic E-state index is -0.0634. The lowest BCUT2D eigenvalue weighted by atomic mass is 10.0. The third-order valence-corrected chi connectivity index (χ3v) is 5.19. The number of anilines is 1. The van der Waals surface area contributed by atoms with Gasteiger partial charge in [0.05, 0.1) is 11.3 Å². The van der Waals surface area contributed by atoms with Gasteiger partial charge >= 0.3 is 0 Å². The number of aryl methyl sites for hydroxylation is 1. The average Bonchev–Trinajstić information content (AvgIpc) is 3.08. The molecular formula is C20H31N5O2. The molecule has 7 nitrogen and oxygen atoms in total. The van der Waals surface area contributed by atoms with Crippen LogP contribution in [0.3, 0.4) is 0 Å². The van der Waals surface area contributed by atoms with E-state index in [1.165, 1.54) is 0 Å². The SMILES string of the molecule is CCCc1cn2c(N)ccc(C(=O)NC3CCN(CCCOC)CC3)c2n1. The molecule has 1 saturated heterocycles. The molecule has 2 aromatic rings. The molecule has 3 heterocycles. The number of nitrogen functional groups attached to an aromatic ring is 1. The highest BCUT2D eigenvalue weighted by Crippen LogP contribution is 2.18. The zero-order valence-electron chi connectivity index (χ0n) is 16.4. The van der Waals surface area contributed by atoms with E-state index in [0.29, 0.717) is 17.0 Å². The second-order valence-electron chi connectivity index (χ2n) is 7.28. The van der Waals surface area contributed by atoms with E-state index in [-0.39, 0.29) is 11.9 Å². The molecule has 0 aromatic carbocycles. The van der Waals surface area contributed by atoms with Crippen molar-refractivity contribution < 1.29 is 9.53 Å². The van der Waals surface area contributed by atoms with Gasteiger partial charge in [0.2, 0.25) is 0 Å². The summed E-state index contributed by atoms with van der Waals surface area (Å²) < 4.78 is 6.93. The number of amides is 1. The Bertz CT molecular complexity index is 765. The van der Waals surface area contributed by atoms with Crippen molar-refractivity contribution in [3.8, 4) is 0 Å². The summed E-state index contributed by atoms with van der Waals surface area (Å²) in [5, 5.41) is 3.19. The van der Waals surface area contributed by atoms with Crippen molar-refractivity contribution in [3.63, 3.8) is 0 Å². The van der Waals surface area contributed by atoms with Gasteiger partial charge in [0.25, 0.3) is 5.91 Å². The smallest absolute Gasteiger partial charge is 0.255 e. The summed E-state index contributed by atoms with van der Waals surface area (Å²) in [5.41, 5.74) is 8.27. The fourth-order valence-electron chi connectivity index (χ4n) is 3.69. The van der Waals surface area contributed by atoms with Crippen LogP contribution in [0.1, 0.15) is 48.7 Å². The first-order valence-electron chi connectivity index (χ1n) is 9.91. The summed E-state index contributed by atoms with van der Waals surface area (Å²) >= 11 is 0. The van der Waals surface area contributed by atoms with Gasteiger partial charge < -0.3 is 20.7 Å². The maximum absolute atomic E-state index is 12.9. The molecule has 1 fully saturated rings. The molecule has 148 valence electrons. The third kappa shape index (κ3) is 4.78. The number of ether oxygens (including phenoxy) is 1. The van der Waals surface area contributed by atoms with E-state index in [9.17, 15) is 4.79 Å². The predicted octanol–water partition coefficient (Wildman–Crippen LogP) is 2.10.